The number of hydrogen-bond acceptors (Lipinski definition) is 3. The van der Waals surface area contributed by atoms with Crippen LogP contribution in [-0.4, -0.2) is 11.0 Å². The first-order valence-electron chi connectivity index (χ1n) is 6.59. The summed E-state index contributed by atoms with van der Waals surface area (Å²) in [6.45, 7) is 2.09. The fraction of sp³-hybridized carbons (Fsp3) is 0.188. The van der Waals surface area contributed by atoms with Crippen molar-refractivity contribution in [3.05, 3.63) is 53.6 Å². The molecule has 0 aromatic heterocycles. The van der Waals surface area contributed by atoms with Crippen molar-refractivity contribution in [2.45, 2.75) is 19.8 Å². The Hall–Kier alpha value is -2.49. The van der Waals surface area contributed by atoms with E-state index in [0.717, 1.165) is 24.1 Å². The summed E-state index contributed by atoms with van der Waals surface area (Å²) in [6, 6.07) is 12.0. The van der Waals surface area contributed by atoms with Crippen LogP contribution in [0.2, 0.25) is 0 Å². The highest BCUT2D eigenvalue weighted by molar-refractivity contribution is 6.08. The first-order valence-corrected chi connectivity index (χ1v) is 6.59. The lowest BCUT2D eigenvalue weighted by atomic mass is 10.1. The highest BCUT2D eigenvalue weighted by atomic mass is 16.3. The summed E-state index contributed by atoms with van der Waals surface area (Å²) in [7, 11) is 0. The van der Waals surface area contributed by atoms with Gasteiger partial charge in [-0.15, -0.1) is 0 Å². The molecule has 0 radical (unpaired) electrons. The zero-order valence-electron chi connectivity index (χ0n) is 11.4. The predicted octanol–water partition coefficient (Wildman–Crippen LogP) is 3.18. The average Bonchev–Trinajstić information content (AvgIpc) is 2.44. The van der Waals surface area contributed by atoms with Crippen LogP contribution in [0.15, 0.2) is 42.5 Å². The third kappa shape index (κ3) is 3.09. The number of hydrogen-bond donors (Lipinski definition) is 3. The molecule has 4 N–H and O–H groups in total. The Bertz CT molecular complexity index is 624. The first kappa shape index (κ1) is 13.9. The van der Waals surface area contributed by atoms with Crippen molar-refractivity contribution >= 4 is 17.3 Å². The lowest BCUT2D eigenvalue weighted by Gasteiger charge is -2.11. The molecule has 0 saturated heterocycles. The summed E-state index contributed by atoms with van der Waals surface area (Å²) in [5, 5.41) is 12.3. The van der Waals surface area contributed by atoms with Crippen LogP contribution in [0.3, 0.4) is 0 Å². The lowest BCUT2D eigenvalue weighted by Crippen LogP contribution is -2.15. The zero-order chi connectivity index (χ0) is 14.5. The maximum atomic E-state index is 12.2. The third-order valence-corrected chi connectivity index (χ3v) is 3.07. The van der Waals surface area contributed by atoms with E-state index >= 15 is 0 Å². The Morgan fingerprint density at radius 2 is 2.00 bits per heavy atom. The minimum atomic E-state index is -0.318. The molecule has 4 nitrogen and oxygen atoms in total. The van der Waals surface area contributed by atoms with Crippen LogP contribution >= 0.6 is 0 Å². The number of nitrogens with two attached hydrogens (primary N) is 1. The van der Waals surface area contributed by atoms with E-state index in [9.17, 15) is 9.90 Å². The number of anilines is 2. The molecule has 1 amide bonds. The molecule has 0 aliphatic heterocycles. The summed E-state index contributed by atoms with van der Waals surface area (Å²) in [5.41, 5.74) is 8.25. The van der Waals surface area contributed by atoms with Crippen molar-refractivity contribution in [3.8, 4) is 5.75 Å². The number of aromatic hydroxyl groups is 1. The van der Waals surface area contributed by atoms with Gasteiger partial charge < -0.3 is 16.2 Å². The van der Waals surface area contributed by atoms with Gasteiger partial charge in [0.1, 0.15) is 5.75 Å². The van der Waals surface area contributed by atoms with Crippen molar-refractivity contribution in [3.63, 3.8) is 0 Å². The molecule has 0 heterocycles. The summed E-state index contributed by atoms with van der Waals surface area (Å²) in [5.74, 6) is -0.298. The van der Waals surface area contributed by atoms with E-state index in [-0.39, 0.29) is 17.2 Å². The van der Waals surface area contributed by atoms with Crippen LogP contribution < -0.4 is 11.1 Å². The molecule has 2 rings (SSSR count). The Balaban J connectivity index is 2.26. The molecule has 2 aromatic rings. The Kier molecular flexibility index (Phi) is 4.25. The number of phenolic OH excluding ortho intramolecular Hbond substituents is 1. The fourth-order valence-electron chi connectivity index (χ4n) is 2.06. The second kappa shape index (κ2) is 6.10. The minimum Gasteiger partial charge on any atom is -0.508 e. The Morgan fingerprint density at radius 3 is 2.75 bits per heavy atom. The lowest BCUT2D eigenvalue weighted by molar-refractivity contribution is 0.102. The number of rotatable bonds is 4. The van der Waals surface area contributed by atoms with Gasteiger partial charge in [0.15, 0.2) is 0 Å². The molecule has 0 spiro atoms. The van der Waals surface area contributed by atoms with E-state index in [4.69, 9.17) is 5.73 Å². The van der Waals surface area contributed by atoms with Crippen LogP contribution in [0.1, 0.15) is 29.3 Å². The fourth-order valence-corrected chi connectivity index (χ4v) is 2.06. The molecule has 0 saturated carbocycles. The number of amides is 1. The highest BCUT2D eigenvalue weighted by Crippen LogP contribution is 2.22. The van der Waals surface area contributed by atoms with E-state index in [2.05, 4.69) is 12.2 Å². The van der Waals surface area contributed by atoms with E-state index in [1.54, 1.807) is 0 Å². The van der Waals surface area contributed by atoms with Gasteiger partial charge >= 0.3 is 0 Å². The zero-order valence-corrected chi connectivity index (χ0v) is 11.4. The van der Waals surface area contributed by atoms with Crippen molar-refractivity contribution in [1.82, 2.24) is 0 Å². The monoisotopic (exact) mass is 270 g/mol. The van der Waals surface area contributed by atoms with E-state index in [0.29, 0.717) is 5.69 Å². The van der Waals surface area contributed by atoms with Crippen molar-refractivity contribution < 1.29 is 9.90 Å². The first-order chi connectivity index (χ1) is 9.61. The van der Waals surface area contributed by atoms with Crippen LogP contribution in [0, 0.1) is 0 Å². The second-order valence-corrected chi connectivity index (χ2v) is 4.63. The summed E-state index contributed by atoms with van der Waals surface area (Å²) >= 11 is 0. The standard InChI is InChI=1S/C16H18N2O2/c1-2-5-11-6-3-4-7-15(11)18-16(20)13-10-12(19)8-9-14(13)17/h3-4,6-10,19H,2,5,17H2,1H3,(H,18,20). The maximum Gasteiger partial charge on any atom is 0.257 e. The summed E-state index contributed by atoms with van der Waals surface area (Å²) in [4.78, 5) is 12.2. The minimum absolute atomic E-state index is 0.0196. The molecular formula is C16H18N2O2. The molecule has 0 fully saturated rings. The number of para-hydroxylation sites is 1. The SMILES string of the molecule is CCCc1ccccc1NC(=O)c1cc(O)ccc1N. The summed E-state index contributed by atoms with van der Waals surface area (Å²) < 4.78 is 0. The van der Waals surface area contributed by atoms with Gasteiger partial charge in [0.2, 0.25) is 0 Å². The molecule has 2 aromatic carbocycles. The van der Waals surface area contributed by atoms with Crippen LogP contribution in [0.25, 0.3) is 0 Å². The molecule has 0 unspecified atom stereocenters. The molecule has 4 heteroatoms. The molecular weight excluding hydrogens is 252 g/mol. The highest BCUT2D eigenvalue weighted by Gasteiger charge is 2.12. The van der Waals surface area contributed by atoms with Gasteiger partial charge in [0.25, 0.3) is 5.91 Å². The van der Waals surface area contributed by atoms with Crippen LogP contribution in [-0.2, 0) is 6.42 Å². The Labute approximate surface area is 118 Å². The maximum absolute atomic E-state index is 12.2. The molecule has 104 valence electrons. The summed E-state index contributed by atoms with van der Waals surface area (Å²) in [6.07, 6.45) is 1.90. The normalized spacial score (nSPS) is 10.2. The molecule has 0 bridgehead atoms. The number of nitrogen functional groups attached to an aromatic ring is 1. The van der Waals surface area contributed by atoms with E-state index < -0.39 is 0 Å². The van der Waals surface area contributed by atoms with Gasteiger partial charge in [-0.2, -0.15) is 0 Å². The number of benzene rings is 2. The van der Waals surface area contributed by atoms with Crippen LogP contribution in [0.5, 0.6) is 5.75 Å². The predicted molar refractivity (Wildman–Crippen MR) is 80.9 cm³/mol. The number of nitrogens with one attached hydrogen (secondary N) is 1. The number of carbonyl (C=O) groups is 1. The van der Waals surface area contributed by atoms with E-state index in [1.165, 1.54) is 18.2 Å². The van der Waals surface area contributed by atoms with Crippen molar-refractivity contribution in [2.24, 2.45) is 0 Å². The molecule has 0 aliphatic carbocycles. The topological polar surface area (TPSA) is 75.3 Å². The van der Waals surface area contributed by atoms with Gasteiger partial charge in [-0.1, -0.05) is 31.5 Å². The van der Waals surface area contributed by atoms with Crippen molar-refractivity contribution in [1.29, 1.82) is 0 Å². The van der Waals surface area contributed by atoms with Gasteiger partial charge in [0, 0.05) is 11.4 Å². The quantitative estimate of drug-likeness (QED) is 0.590. The third-order valence-electron chi connectivity index (χ3n) is 3.07. The van der Waals surface area contributed by atoms with Gasteiger partial charge in [0.05, 0.1) is 5.56 Å². The van der Waals surface area contributed by atoms with Gasteiger partial charge in [-0.25, -0.2) is 0 Å². The largest absolute Gasteiger partial charge is 0.508 e. The molecule has 0 aliphatic rings. The number of aryl methyl sites for hydroxylation is 1. The Morgan fingerprint density at radius 1 is 1.25 bits per heavy atom. The van der Waals surface area contributed by atoms with E-state index in [1.807, 2.05) is 24.3 Å². The van der Waals surface area contributed by atoms with Crippen LogP contribution in [0.4, 0.5) is 11.4 Å². The van der Waals surface area contributed by atoms with Gasteiger partial charge in [-0.05, 0) is 36.2 Å². The molecule has 20 heavy (non-hydrogen) atoms. The van der Waals surface area contributed by atoms with Gasteiger partial charge in [-0.3, -0.25) is 4.79 Å². The van der Waals surface area contributed by atoms with Crippen molar-refractivity contribution in [2.75, 3.05) is 11.1 Å². The second-order valence-electron chi connectivity index (χ2n) is 4.63. The molecule has 0 atom stereocenters. The number of phenols is 1. The average molecular weight is 270 g/mol. The number of carbonyl (C=O) groups excluding carboxylic acids is 1. The smallest absolute Gasteiger partial charge is 0.257 e.